The molecule has 1 nitrogen and oxygen atoms in total. The summed E-state index contributed by atoms with van der Waals surface area (Å²) in [5.41, 5.74) is 1.41. The summed E-state index contributed by atoms with van der Waals surface area (Å²) in [6.07, 6.45) is 0. The molecule has 0 fully saturated rings. The van der Waals surface area contributed by atoms with Crippen LogP contribution in [0.15, 0.2) is 30.3 Å². The summed E-state index contributed by atoms with van der Waals surface area (Å²) in [6.45, 7) is 0. The van der Waals surface area contributed by atoms with E-state index in [2.05, 4.69) is 33.9 Å². The standard InChI is InChI=1S/C8H5NSe/c1-2-4-7-6(3-1)5-8-9(7)10-8/h1-5H. The topological polar surface area (TPSA) is 4.93 Å². The van der Waals surface area contributed by atoms with Crippen molar-refractivity contribution in [2.24, 2.45) is 0 Å². The first-order chi connectivity index (χ1) is 4.95. The van der Waals surface area contributed by atoms with Crippen molar-refractivity contribution < 1.29 is 0 Å². The zero-order valence-electron chi connectivity index (χ0n) is 5.24. The Kier molecular flexibility index (Phi) is 0.735. The van der Waals surface area contributed by atoms with Crippen LogP contribution in [0.1, 0.15) is 0 Å². The van der Waals surface area contributed by atoms with E-state index >= 15 is 0 Å². The second kappa shape index (κ2) is 1.47. The van der Waals surface area contributed by atoms with E-state index in [1.807, 2.05) is 0 Å². The first-order valence-corrected chi connectivity index (χ1v) is 4.86. The first kappa shape index (κ1) is 5.00. The van der Waals surface area contributed by atoms with Crippen molar-refractivity contribution in [2.45, 2.75) is 0 Å². The van der Waals surface area contributed by atoms with Crippen molar-refractivity contribution in [3.05, 3.63) is 30.3 Å². The zero-order valence-corrected chi connectivity index (χ0v) is 6.96. The second-order valence-corrected chi connectivity index (χ2v) is 4.45. The van der Waals surface area contributed by atoms with Crippen LogP contribution < -0.4 is 4.59 Å². The Morgan fingerprint density at radius 1 is 1.20 bits per heavy atom. The average molecular weight is 194 g/mol. The van der Waals surface area contributed by atoms with Crippen molar-refractivity contribution in [3.8, 4) is 0 Å². The first-order valence-electron chi connectivity index (χ1n) is 3.24. The third-order valence-corrected chi connectivity index (χ3v) is 3.66. The van der Waals surface area contributed by atoms with E-state index in [1.54, 1.807) is 0 Å². The van der Waals surface area contributed by atoms with Crippen LogP contribution in [0.25, 0.3) is 10.9 Å². The van der Waals surface area contributed by atoms with Crippen molar-refractivity contribution in [3.63, 3.8) is 0 Å². The van der Waals surface area contributed by atoms with E-state index in [0.717, 1.165) is 0 Å². The van der Waals surface area contributed by atoms with Crippen molar-refractivity contribution >= 4 is 30.7 Å². The summed E-state index contributed by atoms with van der Waals surface area (Å²) in [4.78, 5) is 0. The molecule has 0 saturated carbocycles. The Morgan fingerprint density at radius 3 is 3.00 bits per heavy atom. The fourth-order valence-electron chi connectivity index (χ4n) is 1.25. The molecule has 0 atom stereocenters. The van der Waals surface area contributed by atoms with Crippen LogP contribution in [0.5, 0.6) is 0 Å². The van der Waals surface area contributed by atoms with Gasteiger partial charge in [0.05, 0.1) is 0 Å². The van der Waals surface area contributed by atoms with Crippen LogP contribution in [-0.4, -0.2) is 18.8 Å². The Hall–Kier alpha value is -0.721. The molecule has 10 heavy (non-hydrogen) atoms. The molecule has 2 heterocycles. The van der Waals surface area contributed by atoms with Gasteiger partial charge in [0.25, 0.3) is 0 Å². The summed E-state index contributed by atoms with van der Waals surface area (Å²) in [5, 5.41) is 1.39. The number of aromatic nitrogens is 1. The predicted octanol–water partition coefficient (Wildman–Crippen LogP) is 0.747. The van der Waals surface area contributed by atoms with Gasteiger partial charge in [0.15, 0.2) is 0 Å². The molecule has 2 aromatic rings. The van der Waals surface area contributed by atoms with Crippen molar-refractivity contribution in [1.29, 1.82) is 0 Å². The molecule has 0 aliphatic carbocycles. The van der Waals surface area contributed by atoms with Gasteiger partial charge in [0, 0.05) is 0 Å². The Balaban J connectivity index is 2.60. The van der Waals surface area contributed by atoms with E-state index in [9.17, 15) is 0 Å². The zero-order chi connectivity index (χ0) is 6.55. The summed E-state index contributed by atoms with van der Waals surface area (Å²) in [7, 11) is 0. The monoisotopic (exact) mass is 195 g/mol. The molecular weight excluding hydrogens is 189 g/mol. The van der Waals surface area contributed by atoms with Crippen LogP contribution in [0.4, 0.5) is 0 Å². The molecule has 0 amide bonds. The molecule has 0 saturated heterocycles. The van der Waals surface area contributed by atoms with Crippen LogP contribution in [0, 0.1) is 0 Å². The Morgan fingerprint density at radius 2 is 2.10 bits per heavy atom. The fraction of sp³-hybridized carbons (Fsp3) is 0. The molecule has 0 unspecified atom stereocenters. The van der Waals surface area contributed by atoms with Gasteiger partial charge < -0.3 is 0 Å². The number of hydrogen-bond acceptors (Lipinski definition) is 0. The summed E-state index contributed by atoms with van der Waals surface area (Å²) in [6, 6.07) is 10.8. The Labute approximate surface area is 65.0 Å². The molecule has 2 heteroatoms. The van der Waals surface area contributed by atoms with Gasteiger partial charge >= 0.3 is 64.6 Å². The third kappa shape index (κ3) is 0.487. The molecular formula is C8H5NSe. The van der Waals surface area contributed by atoms with Gasteiger partial charge in [-0.3, -0.25) is 0 Å². The van der Waals surface area contributed by atoms with Crippen LogP contribution >= 0.6 is 0 Å². The quantitative estimate of drug-likeness (QED) is 0.465. The van der Waals surface area contributed by atoms with Gasteiger partial charge in [-0.15, -0.1) is 0 Å². The third-order valence-electron chi connectivity index (χ3n) is 1.79. The van der Waals surface area contributed by atoms with Crippen LogP contribution in [0.2, 0.25) is 0 Å². The number of nitrogens with zero attached hydrogens (tertiary/aromatic N) is 1. The summed E-state index contributed by atoms with van der Waals surface area (Å²) < 4.78 is 3.93. The number of rotatable bonds is 0. The van der Waals surface area contributed by atoms with E-state index in [4.69, 9.17) is 0 Å². The minimum atomic E-state index is 0.675. The molecule has 3 rings (SSSR count). The van der Waals surface area contributed by atoms with E-state index in [-0.39, 0.29) is 0 Å². The SMILES string of the molecule is c1ccc2c(c1)cc1n2[Se]1. The van der Waals surface area contributed by atoms with Gasteiger partial charge in [0.1, 0.15) is 0 Å². The van der Waals surface area contributed by atoms with Crippen LogP contribution in [0.3, 0.4) is 0 Å². The molecule has 0 bridgehead atoms. The minimum absolute atomic E-state index is 0.675. The van der Waals surface area contributed by atoms with Crippen molar-refractivity contribution in [2.75, 3.05) is 0 Å². The molecule has 1 aliphatic rings. The summed E-state index contributed by atoms with van der Waals surface area (Å²) >= 11 is 0.675. The molecule has 1 aliphatic heterocycles. The number of fused-ring (bicyclic) bond motifs is 3. The second-order valence-electron chi connectivity index (χ2n) is 2.43. The van der Waals surface area contributed by atoms with Gasteiger partial charge in [-0.2, -0.15) is 0 Å². The number of para-hydroxylation sites is 1. The maximum absolute atomic E-state index is 2.39. The summed E-state index contributed by atoms with van der Waals surface area (Å²) in [5.74, 6) is 0. The number of benzene rings is 1. The molecule has 1 aromatic heterocycles. The van der Waals surface area contributed by atoms with Gasteiger partial charge in [-0.25, -0.2) is 0 Å². The van der Waals surface area contributed by atoms with Crippen molar-refractivity contribution in [1.82, 2.24) is 3.58 Å². The van der Waals surface area contributed by atoms with Gasteiger partial charge in [-0.1, -0.05) is 0 Å². The average Bonchev–Trinajstić information content (AvgIpc) is 2.64. The van der Waals surface area contributed by atoms with Crippen LogP contribution in [-0.2, 0) is 0 Å². The Bertz CT molecular complexity index is 403. The molecule has 0 spiro atoms. The normalized spacial score (nSPS) is 13.6. The molecule has 0 radical (unpaired) electrons. The molecule has 48 valence electrons. The van der Waals surface area contributed by atoms with Gasteiger partial charge in [-0.05, 0) is 0 Å². The predicted molar refractivity (Wildman–Crippen MR) is 42.7 cm³/mol. The van der Waals surface area contributed by atoms with E-state index in [0.29, 0.717) is 15.2 Å². The number of hydrogen-bond donors (Lipinski definition) is 0. The van der Waals surface area contributed by atoms with E-state index < -0.39 is 0 Å². The van der Waals surface area contributed by atoms with E-state index in [1.165, 1.54) is 15.5 Å². The maximum atomic E-state index is 2.39. The molecule has 1 aromatic carbocycles. The fourth-order valence-corrected chi connectivity index (χ4v) is 2.81. The molecule has 0 N–H and O–H groups in total. The van der Waals surface area contributed by atoms with Gasteiger partial charge in [0.2, 0.25) is 0 Å².